The summed E-state index contributed by atoms with van der Waals surface area (Å²) in [5.74, 6) is 4.72. The molecule has 31 heteroatoms. The van der Waals surface area contributed by atoms with Crippen molar-refractivity contribution < 1.29 is 83.4 Å². The predicted molar refractivity (Wildman–Crippen MR) is 422 cm³/mol. The van der Waals surface area contributed by atoms with Crippen molar-refractivity contribution in [3.8, 4) is 40.2 Å². The molecular weight excluding hydrogens is 1550 g/mol. The molecule has 15 rings (SSSR count). The molecule has 0 aliphatic carbocycles. The van der Waals surface area contributed by atoms with E-state index in [-0.39, 0.29) is 50.9 Å². The molecular formula is C84H88F6N10O12S3. The standard InChI is InChI=1S/C33H35N3O5S.C27H29F3N4O4S.C24H24F3N3O3S/c1-23-15-36(16-24(2)41-23)33(37)29-21-42-32(34-29)19-35(18-27-10-13-30-31(14-27)40-22-39-30)17-25-8-11-28(12-9-25)38-20-26-6-4-3-5-7-26;28-27(29,30)21-3-1-2-19(12-21)14-34(15-20-4-5-23-24(13-20)38-18-37-23)16-25-32-22(17-39-25)26(35)31-6-7-33-8-10-36-11-9-33;1-3-33-29-16(2)20-14-34-23(28-20)13-30(11-17-5-4-6-19(9-17)24(25,26)27)12-18-7-8-21-22(10-18)32-15-31-21/h3-14,21,23-24H,15-20,22H2,1-2H3;1-5,12-13,17H,6-11,14-16,18H2,(H,31,35);4-10,14,29H,2-3,11-13,15H2,1H3. The molecule has 2 N–H and O–H groups in total. The molecule has 2 fully saturated rings. The fraction of sp³-hybridized carbons (Fsp3) is 0.345. The molecule has 5 aliphatic heterocycles. The van der Waals surface area contributed by atoms with Crippen LogP contribution in [0.2, 0.25) is 0 Å². The van der Waals surface area contributed by atoms with E-state index < -0.39 is 23.5 Å². The molecule has 115 heavy (non-hydrogen) atoms. The van der Waals surface area contributed by atoms with E-state index in [0.29, 0.717) is 160 Å². The van der Waals surface area contributed by atoms with Gasteiger partial charge in [-0.25, -0.2) is 15.0 Å². The first-order chi connectivity index (χ1) is 55.6. The lowest BCUT2D eigenvalue weighted by atomic mass is 10.1. The van der Waals surface area contributed by atoms with Crippen molar-refractivity contribution in [1.82, 2.24) is 50.2 Å². The topological polar surface area (TPSA) is 205 Å². The van der Waals surface area contributed by atoms with Gasteiger partial charge in [0.1, 0.15) is 38.8 Å². The maximum atomic E-state index is 13.3. The molecule has 10 aromatic rings. The van der Waals surface area contributed by atoms with E-state index in [2.05, 4.69) is 67.5 Å². The summed E-state index contributed by atoms with van der Waals surface area (Å²) in [6, 6.07) is 46.4. The number of alkyl halides is 6. The Hall–Kier alpha value is -10.2. The minimum atomic E-state index is -4.42. The molecule has 22 nitrogen and oxygen atoms in total. The van der Waals surface area contributed by atoms with Gasteiger partial charge in [0, 0.05) is 94.7 Å². The zero-order valence-corrected chi connectivity index (χ0v) is 66.1. The molecule has 0 radical (unpaired) electrons. The zero-order chi connectivity index (χ0) is 80.3. The van der Waals surface area contributed by atoms with Gasteiger partial charge in [-0.15, -0.1) is 34.0 Å². The van der Waals surface area contributed by atoms with Gasteiger partial charge in [-0.1, -0.05) is 104 Å². The average molecular weight is 1640 g/mol. The van der Waals surface area contributed by atoms with Crippen LogP contribution in [-0.4, -0.2) is 143 Å². The number of rotatable bonds is 30. The van der Waals surface area contributed by atoms with Gasteiger partial charge in [0.05, 0.1) is 74.2 Å². The lowest BCUT2D eigenvalue weighted by Crippen LogP contribution is -2.48. The molecule has 606 valence electrons. The molecule has 2 amide bonds. The van der Waals surface area contributed by atoms with E-state index in [1.54, 1.807) is 17.5 Å². The summed E-state index contributed by atoms with van der Waals surface area (Å²) in [5.41, 5.74) is 9.81. The molecule has 2 unspecified atom stereocenters. The number of amides is 2. The van der Waals surface area contributed by atoms with Crippen LogP contribution in [-0.2, 0) is 92.2 Å². The molecule has 2 saturated heterocycles. The molecule has 0 saturated carbocycles. The minimum absolute atomic E-state index is 0.0168. The van der Waals surface area contributed by atoms with E-state index in [0.717, 1.165) is 86.8 Å². The molecule has 2 atom stereocenters. The number of hydrogen-bond acceptors (Lipinski definition) is 23. The summed E-state index contributed by atoms with van der Waals surface area (Å²) >= 11 is 4.33. The highest BCUT2D eigenvalue weighted by Crippen LogP contribution is 2.38. The van der Waals surface area contributed by atoms with Gasteiger partial charge in [-0.3, -0.25) is 39.5 Å². The number of fused-ring (bicyclic) bond motifs is 3. The number of nitrogens with one attached hydrogen (secondary N) is 2. The van der Waals surface area contributed by atoms with Gasteiger partial charge in [0.2, 0.25) is 20.4 Å². The Balaban J connectivity index is 0.000000151. The predicted octanol–water partition coefficient (Wildman–Crippen LogP) is 15.7. The molecule has 0 bridgehead atoms. The molecule has 5 aliphatic rings. The van der Waals surface area contributed by atoms with Crippen molar-refractivity contribution in [2.24, 2.45) is 0 Å². The van der Waals surface area contributed by atoms with Gasteiger partial charge in [0.15, 0.2) is 34.5 Å². The van der Waals surface area contributed by atoms with Crippen LogP contribution in [0.5, 0.6) is 40.2 Å². The van der Waals surface area contributed by atoms with Crippen molar-refractivity contribution in [2.45, 2.75) is 111 Å². The minimum Gasteiger partial charge on any atom is -0.489 e. The van der Waals surface area contributed by atoms with Crippen LogP contribution in [0.25, 0.3) is 5.70 Å². The van der Waals surface area contributed by atoms with Crippen LogP contribution in [0.4, 0.5) is 26.3 Å². The summed E-state index contributed by atoms with van der Waals surface area (Å²) in [6.07, 6.45) is -8.78. The van der Waals surface area contributed by atoms with Crippen LogP contribution in [0.1, 0.15) is 113 Å². The first-order valence-electron chi connectivity index (χ1n) is 37.5. The van der Waals surface area contributed by atoms with Crippen LogP contribution in [0.3, 0.4) is 0 Å². The highest BCUT2D eigenvalue weighted by atomic mass is 32.1. The highest BCUT2D eigenvalue weighted by Gasteiger charge is 2.33. The van der Waals surface area contributed by atoms with E-state index in [1.165, 1.54) is 58.3 Å². The van der Waals surface area contributed by atoms with Crippen molar-refractivity contribution in [2.75, 3.05) is 79.5 Å². The number of halogens is 6. The van der Waals surface area contributed by atoms with Crippen LogP contribution in [0.15, 0.2) is 180 Å². The second kappa shape index (κ2) is 39.4. The summed E-state index contributed by atoms with van der Waals surface area (Å²) in [7, 11) is 0. The van der Waals surface area contributed by atoms with Crippen molar-refractivity contribution >= 4 is 51.5 Å². The van der Waals surface area contributed by atoms with Crippen molar-refractivity contribution in [3.05, 3.63) is 263 Å². The lowest BCUT2D eigenvalue weighted by Gasteiger charge is -2.34. The Kier molecular flexibility index (Phi) is 28.4. The van der Waals surface area contributed by atoms with Crippen LogP contribution < -0.4 is 44.0 Å². The number of nitrogens with zero attached hydrogens (tertiary/aromatic N) is 8. The zero-order valence-electron chi connectivity index (χ0n) is 63.6. The second-order valence-corrected chi connectivity index (χ2v) is 30.7. The molecule has 7 aromatic carbocycles. The first-order valence-corrected chi connectivity index (χ1v) is 40.1. The number of thiazole rings is 3. The molecule has 8 heterocycles. The van der Waals surface area contributed by atoms with Gasteiger partial charge < -0.3 is 52.8 Å². The van der Waals surface area contributed by atoms with E-state index in [1.807, 2.05) is 125 Å². The SMILES string of the molecule is C=C(NOCC)c1csc(CN(Cc2cccc(C(F)(F)F)c2)Cc2ccc3c(c2)OCO3)n1.CC1CN(C(=O)c2csc(CN(Cc3ccc(OCc4ccccc4)cc3)Cc3ccc4c(c3)OCO4)n2)CC(C)O1.O=C(NCCN1CCOCC1)c1csc(CN(Cc2cccc(C(F)(F)F)c2)Cc2ccc3c(c2)OCO3)n1. The van der Waals surface area contributed by atoms with Crippen LogP contribution >= 0.6 is 34.0 Å². The Labute approximate surface area is 674 Å². The smallest absolute Gasteiger partial charge is 0.416 e. The summed E-state index contributed by atoms with van der Waals surface area (Å²) in [5, 5.41) is 10.8. The number of hydrogen-bond donors (Lipinski definition) is 2. The Bertz CT molecular complexity index is 4870. The number of aromatic nitrogens is 3. The van der Waals surface area contributed by atoms with E-state index >= 15 is 0 Å². The summed E-state index contributed by atoms with van der Waals surface area (Å²) in [6.45, 7) is 21.2. The van der Waals surface area contributed by atoms with Crippen LogP contribution in [0, 0.1) is 0 Å². The number of carbonyl (C=O) groups is 2. The third kappa shape index (κ3) is 24.2. The third-order valence-electron chi connectivity index (χ3n) is 18.8. The van der Waals surface area contributed by atoms with E-state index in [9.17, 15) is 35.9 Å². The van der Waals surface area contributed by atoms with Crippen molar-refractivity contribution in [1.29, 1.82) is 0 Å². The Morgan fingerprint density at radius 2 is 0.939 bits per heavy atom. The lowest BCUT2D eigenvalue weighted by molar-refractivity contribution is -0.138. The van der Waals surface area contributed by atoms with E-state index in [4.69, 9.17) is 52.5 Å². The highest BCUT2D eigenvalue weighted by molar-refractivity contribution is 7.10. The average Bonchev–Trinajstić information content (AvgIpc) is 1.74. The number of benzene rings is 7. The second-order valence-electron chi connectivity index (χ2n) is 27.9. The quantitative estimate of drug-likeness (QED) is 0.0317. The Morgan fingerprint density at radius 1 is 0.513 bits per heavy atom. The van der Waals surface area contributed by atoms with Gasteiger partial charge in [-0.2, -0.15) is 26.3 Å². The number of hydroxylamine groups is 1. The van der Waals surface area contributed by atoms with Crippen molar-refractivity contribution in [3.63, 3.8) is 0 Å². The number of carbonyl (C=O) groups excluding carboxylic acids is 2. The summed E-state index contributed by atoms with van der Waals surface area (Å²) in [4.78, 5) is 55.4. The first kappa shape index (κ1) is 82.8. The fourth-order valence-electron chi connectivity index (χ4n) is 13.3. The number of morpholine rings is 2. The molecule has 3 aromatic heterocycles. The third-order valence-corrected chi connectivity index (χ3v) is 21.3. The fourth-order valence-corrected chi connectivity index (χ4v) is 15.8. The summed E-state index contributed by atoms with van der Waals surface area (Å²) < 4.78 is 130. The number of ether oxygens (including phenoxy) is 9. The maximum absolute atomic E-state index is 13.3. The van der Waals surface area contributed by atoms with Gasteiger partial charge in [0.25, 0.3) is 11.8 Å². The molecule has 0 spiro atoms. The monoisotopic (exact) mass is 1640 g/mol. The maximum Gasteiger partial charge on any atom is 0.416 e. The normalized spacial score (nSPS) is 15.6. The largest absolute Gasteiger partial charge is 0.489 e. The van der Waals surface area contributed by atoms with Gasteiger partial charge in [-0.05, 0) is 120 Å². The Morgan fingerprint density at radius 3 is 1.43 bits per heavy atom. The van der Waals surface area contributed by atoms with Gasteiger partial charge >= 0.3 is 12.4 Å².